The van der Waals surface area contributed by atoms with Crippen LogP contribution in [0.4, 0.5) is 0 Å². The highest BCUT2D eigenvalue weighted by Crippen LogP contribution is 3.14. The fourth-order valence-corrected chi connectivity index (χ4v) is 57.6. The van der Waals surface area contributed by atoms with E-state index in [2.05, 4.69) is 149 Å². The van der Waals surface area contributed by atoms with Crippen LogP contribution < -0.4 is 0 Å². The van der Waals surface area contributed by atoms with Crippen molar-refractivity contribution in [3.05, 3.63) is 57.6 Å². The molecule has 2 heterocycles. The molecule has 2 aromatic heterocycles. The Labute approximate surface area is 251 Å². The average Bonchev–Trinajstić information content (AvgIpc) is 3.60. The van der Waals surface area contributed by atoms with E-state index in [1.54, 1.807) is 22.3 Å². The lowest BCUT2D eigenvalue weighted by Gasteiger charge is -2.34. The van der Waals surface area contributed by atoms with Crippen molar-refractivity contribution in [3.63, 3.8) is 0 Å². The molecule has 4 heteroatoms. The monoisotopic (exact) mass is 614 g/mol. The third-order valence-electron chi connectivity index (χ3n) is 8.36. The van der Waals surface area contributed by atoms with Crippen LogP contribution in [0.5, 0.6) is 0 Å². The molecule has 0 unspecified atom stereocenters. The number of benzene rings is 2. The minimum absolute atomic E-state index is 0.0408. The Bertz CT molecular complexity index is 1310. The summed E-state index contributed by atoms with van der Waals surface area (Å²) in [7, 11) is 0. The SMILES string of the molecule is CC(C)(C)c1cc(C(C)(C)C)c(-p2p3p(-c4c(C(C)(C)C)cc(C(C)(C)C)cc4C(C)(C)C)p23)c(C(C)(C)C)c1. The van der Waals surface area contributed by atoms with Crippen LogP contribution in [0, 0.1) is 0 Å². The van der Waals surface area contributed by atoms with Crippen molar-refractivity contribution in [1.29, 1.82) is 0 Å². The Morgan fingerprint density at radius 1 is 0.325 bits per heavy atom. The van der Waals surface area contributed by atoms with Crippen molar-refractivity contribution < 1.29 is 0 Å². The first kappa shape index (κ1) is 32.6. The van der Waals surface area contributed by atoms with Crippen LogP contribution in [0.15, 0.2) is 24.3 Å². The van der Waals surface area contributed by atoms with E-state index in [1.165, 1.54) is 11.1 Å². The molecule has 0 fully saturated rings. The molecule has 0 aliphatic rings. The van der Waals surface area contributed by atoms with Crippen LogP contribution in [-0.4, -0.2) is 0 Å². The molecule has 222 valence electrons. The van der Waals surface area contributed by atoms with Gasteiger partial charge in [-0.1, -0.05) is 149 Å². The van der Waals surface area contributed by atoms with Gasteiger partial charge in [0.1, 0.15) is 0 Å². The van der Waals surface area contributed by atoms with Crippen molar-refractivity contribution in [2.75, 3.05) is 0 Å². The van der Waals surface area contributed by atoms with Gasteiger partial charge in [0, 0.05) is 10.6 Å². The van der Waals surface area contributed by atoms with Gasteiger partial charge in [-0.25, -0.2) is 0 Å². The molecular formula is C36H58P4. The molecule has 0 nitrogen and oxygen atoms in total. The zero-order valence-electron chi connectivity index (χ0n) is 29.1. The summed E-state index contributed by atoms with van der Waals surface area (Å²) in [6.45, 7) is 43.9. The maximum absolute atomic E-state index is 2.62. The smallest absolute Gasteiger partial charge is 0.0144 e. The van der Waals surface area contributed by atoms with E-state index in [9.17, 15) is 0 Å². The Kier molecular flexibility index (Phi) is 7.79. The predicted molar refractivity (Wildman–Crippen MR) is 192 cm³/mol. The maximum atomic E-state index is 2.62. The molecule has 40 heavy (non-hydrogen) atoms. The van der Waals surface area contributed by atoms with E-state index in [-0.39, 0.29) is 59.0 Å². The van der Waals surface area contributed by atoms with Crippen LogP contribution in [-0.2, 0) is 32.5 Å². The lowest BCUT2D eigenvalue weighted by atomic mass is 9.75. The molecule has 0 spiro atoms. The molecule has 0 bridgehead atoms. The molecule has 0 amide bonds. The minimum Gasteiger partial charge on any atom is -0.0561 e. The van der Waals surface area contributed by atoms with E-state index in [0.29, 0.717) is 0 Å². The standard InChI is InChI=1S/C36H58P4/c1-31(2,3)23-19-25(33(7,8)9)29(26(20-23)34(10,11)12)37-39-38(40(37)39)30-27(35(13,14)15)21-24(32(4,5)6)22-28(30)36(16,17)18/h19-22H,1-18H3. The summed E-state index contributed by atoms with van der Waals surface area (Å²) in [5.41, 5.74) is 10.7. The average molecular weight is 615 g/mol. The predicted octanol–water partition coefficient (Wildman–Crippen LogP) is 14.6. The highest BCUT2D eigenvalue weighted by Gasteiger charge is 2.43. The second-order valence-corrected chi connectivity index (χ2v) is 41.2. The van der Waals surface area contributed by atoms with Gasteiger partial charge in [0.05, 0.1) is 0 Å². The summed E-state index contributed by atoms with van der Waals surface area (Å²) in [6, 6.07) is 10.5. The molecule has 0 aliphatic heterocycles. The van der Waals surface area contributed by atoms with E-state index in [0.717, 1.165) is 0 Å². The van der Waals surface area contributed by atoms with Gasteiger partial charge in [-0.15, -0.1) is 0 Å². The maximum Gasteiger partial charge on any atom is 0.0144 e. The highest BCUT2D eigenvalue weighted by molar-refractivity contribution is 9.09. The molecule has 0 saturated carbocycles. The van der Waals surface area contributed by atoms with Gasteiger partial charge in [-0.2, -0.15) is 0 Å². The van der Waals surface area contributed by atoms with Crippen LogP contribution in [0.25, 0.3) is 10.6 Å². The highest BCUT2D eigenvalue weighted by atomic mass is 33.1. The molecular weight excluding hydrogens is 556 g/mol. The largest absolute Gasteiger partial charge is 0.0561 e. The van der Waals surface area contributed by atoms with Crippen LogP contribution >= 0.6 is 26.5 Å². The first-order valence-electron chi connectivity index (χ1n) is 15.3. The Morgan fingerprint density at radius 3 is 0.675 bits per heavy atom. The number of hydrogen-bond acceptors (Lipinski definition) is 0. The summed E-state index contributed by atoms with van der Waals surface area (Å²) in [5, 5.41) is 3.67. The Hall–Kier alpha value is -0.360. The fourth-order valence-electron chi connectivity index (χ4n) is 5.57. The van der Waals surface area contributed by atoms with Gasteiger partial charge in [-0.05, 0) is 92.4 Å². The summed E-state index contributed by atoms with van der Waals surface area (Å²) in [6.07, 6.45) is 0.365. The lowest BCUT2D eigenvalue weighted by Crippen LogP contribution is -2.22. The lowest BCUT2D eigenvalue weighted by molar-refractivity contribution is 0.552. The molecule has 2 aromatic carbocycles. The minimum atomic E-state index is 0.0408. The van der Waals surface area contributed by atoms with Crippen molar-refractivity contribution in [1.82, 2.24) is 0 Å². The van der Waals surface area contributed by atoms with Crippen molar-refractivity contribution in [2.45, 2.75) is 157 Å². The zero-order chi connectivity index (χ0) is 30.8. The number of fused-ring (bicyclic) bond motifs is 1. The first-order valence-corrected chi connectivity index (χ1v) is 24.2. The molecule has 0 atom stereocenters. The van der Waals surface area contributed by atoms with Crippen molar-refractivity contribution in [3.8, 4) is 10.6 Å². The summed E-state index contributed by atoms with van der Waals surface area (Å²) in [5.74, 6) is 0. The second kappa shape index (κ2) is 9.57. The second-order valence-electron chi connectivity index (χ2n) is 18.5. The van der Waals surface area contributed by atoms with Gasteiger partial charge in [0.15, 0.2) is 0 Å². The topological polar surface area (TPSA) is 0 Å². The molecule has 0 aliphatic carbocycles. The van der Waals surface area contributed by atoms with Gasteiger partial charge < -0.3 is 0 Å². The van der Waals surface area contributed by atoms with Gasteiger partial charge >= 0.3 is 0 Å². The molecule has 4 rings (SSSR count). The van der Waals surface area contributed by atoms with Gasteiger partial charge in [0.2, 0.25) is 0 Å². The summed E-state index contributed by atoms with van der Waals surface area (Å²) < 4.78 is 0. The fraction of sp³-hybridized carbons (Fsp3) is 0.667. The molecule has 0 saturated heterocycles. The molecule has 0 radical (unpaired) electrons. The van der Waals surface area contributed by atoms with E-state index >= 15 is 0 Å². The third kappa shape index (κ3) is 6.02. The molecule has 0 N–H and O–H groups in total. The van der Waals surface area contributed by atoms with E-state index < -0.39 is 0 Å². The third-order valence-corrected chi connectivity index (χ3v) is 45.7. The van der Waals surface area contributed by atoms with Crippen molar-refractivity contribution >= 4 is 26.5 Å². The summed E-state index contributed by atoms with van der Waals surface area (Å²) in [4.78, 5) is 0. The number of rotatable bonds is 2. The number of hydrogen-bond donors (Lipinski definition) is 0. The molecule has 4 aromatic rings. The van der Waals surface area contributed by atoms with E-state index in [1.807, 2.05) is 10.6 Å². The Balaban J connectivity index is 2.03. The van der Waals surface area contributed by atoms with Crippen LogP contribution in [0.3, 0.4) is 0 Å². The van der Waals surface area contributed by atoms with Crippen molar-refractivity contribution in [2.24, 2.45) is 0 Å². The van der Waals surface area contributed by atoms with Gasteiger partial charge in [0.25, 0.3) is 0 Å². The van der Waals surface area contributed by atoms with Gasteiger partial charge in [-0.3, -0.25) is 0 Å². The zero-order valence-corrected chi connectivity index (χ0v) is 32.7. The summed E-state index contributed by atoms with van der Waals surface area (Å²) >= 11 is 0. The first-order chi connectivity index (χ1) is 17.7. The normalized spacial score (nSPS) is 16.6. The van der Waals surface area contributed by atoms with Crippen LogP contribution in [0.1, 0.15) is 158 Å². The Morgan fingerprint density at radius 2 is 0.525 bits per heavy atom. The van der Waals surface area contributed by atoms with E-state index in [4.69, 9.17) is 0 Å². The van der Waals surface area contributed by atoms with Crippen LogP contribution in [0.2, 0.25) is 0 Å². The quantitative estimate of drug-likeness (QED) is 0.211.